The number of halogens is 8. The molecule has 1 aliphatic rings. The third kappa shape index (κ3) is 8.19. The number of anilines is 3. The molecule has 1 aliphatic carbocycles. The molecule has 3 aromatic rings. The number of amides is 4. The highest BCUT2D eigenvalue weighted by molar-refractivity contribution is 6.54. The van der Waals surface area contributed by atoms with Crippen LogP contribution in [-0.4, -0.2) is 39.0 Å². The van der Waals surface area contributed by atoms with Crippen molar-refractivity contribution in [2.24, 2.45) is 5.92 Å². The monoisotopic (exact) mass is 811 g/mol. The minimum atomic E-state index is -1.93. The first-order valence-electron chi connectivity index (χ1n) is 14.6. The molecule has 0 radical (unpaired) electrons. The van der Waals surface area contributed by atoms with Crippen LogP contribution in [0.5, 0.6) is 0 Å². The SMILES string of the molecule is CC(C)(C)OC(=O)N(C(=O)O)c1cc(F)c(NC(=O)c2cc(NC(=O)[C@H]3[C@H](c4cc(Cl)c(Cl)c(Cl)c4)C3(Cl)Cl)ccc2Cl)c(C(C)(C)C)c1F. The summed E-state index contributed by atoms with van der Waals surface area (Å²) < 4.78 is 35.5. The predicted molar refractivity (Wildman–Crippen MR) is 192 cm³/mol. The smallest absolute Gasteiger partial charge is 0.424 e. The van der Waals surface area contributed by atoms with Gasteiger partial charge in [-0.1, -0.05) is 67.2 Å². The van der Waals surface area contributed by atoms with E-state index < -0.39 is 79.8 Å². The van der Waals surface area contributed by atoms with Crippen molar-refractivity contribution in [3.05, 3.63) is 84.8 Å². The maximum Gasteiger partial charge on any atom is 0.424 e. The zero-order valence-electron chi connectivity index (χ0n) is 27.1. The first kappa shape index (κ1) is 39.7. The molecule has 0 aromatic heterocycles. The van der Waals surface area contributed by atoms with E-state index in [4.69, 9.17) is 74.3 Å². The van der Waals surface area contributed by atoms with Crippen molar-refractivity contribution in [1.82, 2.24) is 0 Å². The minimum absolute atomic E-state index is 0.0650. The highest BCUT2D eigenvalue weighted by Gasteiger charge is 2.67. The Kier molecular flexibility index (Phi) is 11.3. The summed E-state index contributed by atoms with van der Waals surface area (Å²) >= 11 is 37.5. The number of rotatable bonds is 6. The van der Waals surface area contributed by atoms with Gasteiger partial charge in [-0.2, -0.15) is 4.90 Å². The maximum absolute atomic E-state index is 16.2. The van der Waals surface area contributed by atoms with Crippen LogP contribution in [0.1, 0.15) is 68.9 Å². The summed E-state index contributed by atoms with van der Waals surface area (Å²) in [7, 11) is 0. The molecule has 0 unspecified atom stereocenters. The molecule has 0 heterocycles. The van der Waals surface area contributed by atoms with Crippen molar-refractivity contribution in [2.75, 3.05) is 15.5 Å². The van der Waals surface area contributed by atoms with E-state index in [1.807, 2.05) is 0 Å². The van der Waals surface area contributed by atoms with Crippen molar-refractivity contribution in [3.63, 3.8) is 0 Å². The molecule has 9 nitrogen and oxygen atoms in total. The Labute approximate surface area is 316 Å². The van der Waals surface area contributed by atoms with E-state index in [2.05, 4.69) is 10.6 Å². The summed E-state index contributed by atoms with van der Waals surface area (Å²) in [4.78, 5) is 51.5. The molecular formula is C33H29Cl6F2N3O6. The molecule has 0 aliphatic heterocycles. The van der Waals surface area contributed by atoms with Crippen molar-refractivity contribution in [3.8, 4) is 0 Å². The highest BCUT2D eigenvalue weighted by atomic mass is 35.5. The lowest BCUT2D eigenvalue weighted by Gasteiger charge is -2.29. The Hall–Kier alpha value is -3.06. The van der Waals surface area contributed by atoms with Gasteiger partial charge in [0.1, 0.15) is 15.8 Å². The quantitative estimate of drug-likeness (QED) is 0.168. The van der Waals surface area contributed by atoms with E-state index in [-0.39, 0.29) is 36.2 Å². The van der Waals surface area contributed by atoms with Gasteiger partial charge in [0.15, 0.2) is 5.82 Å². The standard InChI is InChI=1S/C33H29Cl6F2N3O6/c1-31(2,3)23-25(41)20(44(29(47)48)30(49)50-32(4,5)6)12-19(40)26(23)43-27(45)15-11-14(7-8-16(15)34)42-28(46)22-21(33(22,38)39)13-9-17(35)24(37)18(36)10-13/h7-12,21-22H,1-6H3,(H,42,46)(H,43,45)(H,47,48)/t21-,22+/m0/s1. The summed E-state index contributed by atoms with van der Waals surface area (Å²) in [6.45, 7) is 8.84. The number of nitrogens with zero attached hydrogens (tertiary/aromatic N) is 1. The second-order valence-corrected chi connectivity index (χ2v) is 16.4. The van der Waals surface area contributed by atoms with Crippen molar-refractivity contribution < 1.29 is 37.8 Å². The molecule has 1 fully saturated rings. The lowest BCUT2D eigenvalue weighted by Crippen LogP contribution is -2.41. The Morgan fingerprint density at radius 3 is 1.98 bits per heavy atom. The van der Waals surface area contributed by atoms with E-state index in [9.17, 15) is 24.3 Å². The first-order valence-corrected chi connectivity index (χ1v) is 16.9. The van der Waals surface area contributed by atoms with Gasteiger partial charge in [0.05, 0.1) is 42.9 Å². The van der Waals surface area contributed by atoms with Crippen LogP contribution in [0.2, 0.25) is 20.1 Å². The Balaban J connectivity index is 1.65. The number of carbonyl (C=O) groups is 4. The van der Waals surface area contributed by atoms with Gasteiger partial charge in [0.2, 0.25) is 5.91 Å². The molecule has 268 valence electrons. The van der Waals surface area contributed by atoms with Crippen LogP contribution in [0, 0.1) is 17.6 Å². The second-order valence-electron chi connectivity index (χ2n) is 13.4. The van der Waals surface area contributed by atoms with E-state index in [1.165, 1.54) is 71.9 Å². The third-order valence-corrected chi connectivity index (χ3v) is 9.84. The number of ether oxygens (including phenoxy) is 1. The van der Waals surface area contributed by atoms with Gasteiger partial charge in [-0.15, -0.1) is 23.2 Å². The normalized spacial score (nSPS) is 16.8. The van der Waals surface area contributed by atoms with E-state index in [0.29, 0.717) is 11.6 Å². The van der Waals surface area contributed by atoms with Crippen molar-refractivity contribution >= 4 is 111 Å². The summed E-state index contributed by atoms with van der Waals surface area (Å²) in [5.74, 6) is -5.88. The largest absolute Gasteiger partial charge is 0.464 e. The molecule has 17 heteroatoms. The Morgan fingerprint density at radius 2 is 1.46 bits per heavy atom. The fourth-order valence-electron chi connectivity index (χ4n) is 5.19. The van der Waals surface area contributed by atoms with Gasteiger partial charge in [0, 0.05) is 23.2 Å². The van der Waals surface area contributed by atoms with E-state index in [1.54, 1.807) is 0 Å². The lowest BCUT2D eigenvalue weighted by atomic mass is 9.84. The van der Waals surface area contributed by atoms with Gasteiger partial charge in [-0.25, -0.2) is 18.4 Å². The molecule has 2 atom stereocenters. The topological polar surface area (TPSA) is 125 Å². The van der Waals surface area contributed by atoms with Gasteiger partial charge < -0.3 is 20.5 Å². The number of alkyl halides is 2. The molecule has 4 amide bonds. The van der Waals surface area contributed by atoms with Crippen LogP contribution >= 0.6 is 69.6 Å². The number of carboxylic acid groups (broad SMARTS) is 1. The molecule has 3 aromatic carbocycles. The number of hydrogen-bond acceptors (Lipinski definition) is 5. The Morgan fingerprint density at radius 1 is 0.880 bits per heavy atom. The average Bonchev–Trinajstić information content (AvgIpc) is 3.54. The van der Waals surface area contributed by atoms with Crippen molar-refractivity contribution in [1.29, 1.82) is 0 Å². The van der Waals surface area contributed by atoms with Crippen LogP contribution in [0.4, 0.5) is 35.4 Å². The summed E-state index contributed by atoms with van der Waals surface area (Å²) in [6, 6.07) is 7.32. The third-order valence-electron chi connectivity index (χ3n) is 7.37. The number of nitrogens with one attached hydrogen (secondary N) is 2. The first-order chi connectivity index (χ1) is 22.9. The number of carbonyl (C=O) groups excluding carboxylic acids is 3. The molecule has 0 spiro atoms. The molecule has 0 saturated heterocycles. The molecule has 1 saturated carbocycles. The van der Waals surface area contributed by atoms with Gasteiger partial charge in [-0.05, 0) is 62.1 Å². The molecule has 0 bridgehead atoms. The second kappa shape index (κ2) is 14.2. The molecule has 3 N–H and O–H groups in total. The van der Waals surface area contributed by atoms with Crippen LogP contribution < -0.4 is 15.5 Å². The van der Waals surface area contributed by atoms with Crippen molar-refractivity contribution in [2.45, 2.75) is 62.8 Å². The average molecular weight is 814 g/mol. The number of benzene rings is 3. The van der Waals surface area contributed by atoms with Crippen LogP contribution in [0.3, 0.4) is 0 Å². The lowest BCUT2D eigenvalue weighted by molar-refractivity contribution is -0.117. The van der Waals surface area contributed by atoms with E-state index in [0.717, 1.165) is 0 Å². The molecule has 4 rings (SSSR count). The number of imide groups is 1. The van der Waals surface area contributed by atoms with Gasteiger partial charge in [0.25, 0.3) is 5.91 Å². The Bertz CT molecular complexity index is 1910. The summed E-state index contributed by atoms with van der Waals surface area (Å²) in [6.07, 6.45) is -3.40. The maximum atomic E-state index is 16.2. The zero-order chi connectivity index (χ0) is 37.8. The minimum Gasteiger partial charge on any atom is -0.464 e. The number of hydrogen-bond donors (Lipinski definition) is 3. The van der Waals surface area contributed by atoms with Gasteiger partial charge in [-0.3, -0.25) is 9.59 Å². The summed E-state index contributed by atoms with van der Waals surface area (Å²) in [5, 5.41) is 15.0. The van der Waals surface area contributed by atoms with Crippen LogP contribution in [0.25, 0.3) is 0 Å². The van der Waals surface area contributed by atoms with E-state index >= 15 is 8.78 Å². The van der Waals surface area contributed by atoms with Crippen LogP contribution in [-0.2, 0) is 14.9 Å². The summed E-state index contributed by atoms with van der Waals surface area (Å²) in [5.41, 5.74) is -4.16. The predicted octanol–water partition coefficient (Wildman–Crippen LogP) is 11.1. The highest BCUT2D eigenvalue weighted by Crippen LogP contribution is 2.65. The fraction of sp³-hybridized carbons (Fsp3) is 0.333. The zero-order valence-corrected chi connectivity index (χ0v) is 31.6. The molecular weight excluding hydrogens is 785 g/mol. The molecule has 50 heavy (non-hydrogen) atoms. The van der Waals surface area contributed by atoms with Crippen LogP contribution in [0.15, 0.2) is 36.4 Å². The fourth-order valence-corrected chi connectivity index (χ4v) is 6.83. The van der Waals surface area contributed by atoms with Gasteiger partial charge >= 0.3 is 12.2 Å².